The summed E-state index contributed by atoms with van der Waals surface area (Å²) in [4.78, 5) is 34.2. The standard InChI is InChI=1S/C39H39F3N4O10S/c1-45(23-11-13-28(54-3)30(17-23)56-5)36-31(20-8-12-25(40)29(16-20)55-4)43-39(44-36)57-18-24-26(41)14-21(15-27(24)42)19-6-9-22(10-7-19)46(2)37(51)34(49)32(47)33(48)35(50)38(52)53/h6-17,32-35,47-50H,18H2,1-5H3,(H,43,44)(H,52,53)/t32-,33-,34-,35+/m0/s1. The number of carbonyl (C=O) groups is 2. The van der Waals surface area contributed by atoms with Crippen molar-refractivity contribution >= 4 is 40.8 Å². The van der Waals surface area contributed by atoms with Gasteiger partial charge in [0.2, 0.25) is 0 Å². The van der Waals surface area contributed by atoms with Gasteiger partial charge in [0.1, 0.15) is 35.4 Å². The number of aliphatic hydroxyl groups is 4. The summed E-state index contributed by atoms with van der Waals surface area (Å²) in [6.07, 6.45) is -9.43. The fraction of sp³-hybridized carbons (Fsp3) is 0.256. The average molecular weight is 813 g/mol. The predicted octanol–water partition coefficient (Wildman–Crippen LogP) is 4.74. The number of hydrogen-bond donors (Lipinski definition) is 6. The molecule has 5 rings (SSSR count). The first-order valence-corrected chi connectivity index (χ1v) is 17.9. The highest BCUT2D eigenvalue weighted by Gasteiger charge is 2.38. The van der Waals surface area contributed by atoms with E-state index in [0.717, 1.165) is 28.8 Å². The van der Waals surface area contributed by atoms with Crippen molar-refractivity contribution in [3.63, 3.8) is 0 Å². The SMILES string of the molecule is COc1cc(-c2nc(SCc3c(F)cc(-c4ccc(N(C)C(=O)[C@@H](O)[C@@H](O)[C@H](O)[C@@H](O)C(=O)O)cc4)cc3F)[nH]c2N(C)c2ccc(OC)c(OC)c2)ccc1F. The first-order valence-electron chi connectivity index (χ1n) is 16.9. The fourth-order valence-electron chi connectivity index (χ4n) is 5.74. The normalized spacial score (nSPS) is 13.3. The summed E-state index contributed by atoms with van der Waals surface area (Å²) in [5, 5.41) is 48.7. The Morgan fingerprint density at radius 2 is 1.30 bits per heavy atom. The summed E-state index contributed by atoms with van der Waals surface area (Å²) < 4.78 is 61.5. The van der Waals surface area contributed by atoms with E-state index >= 15 is 8.78 Å². The van der Waals surface area contributed by atoms with Gasteiger partial charge < -0.3 is 54.5 Å². The molecule has 0 fully saturated rings. The molecule has 6 N–H and O–H groups in total. The minimum absolute atomic E-state index is 0.00494. The Labute approximate surface area is 328 Å². The maximum Gasteiger partial charge on any atom is 0.335 e. The summed E-state index contributed by atoms with van der Waals surface area (Å²) in [6.45, 7) is 0. The molecule has 1 amide bonds. The van der Waals surface area contributed by atoms with E-state index < -0.39 is 53.7 Å². The van der Waals surface area contributed by atoms with Crippen molar-refractivity contribution in [1.82, 2.24) is 9.97 Å². The number of aromatic amines is 1. The van der Waals surface area contributed by atoms with Crippen LogP contribution in [-0.4, -0.2) is 107 Å². The summed E-state index contributed by atoms with van der Waals surface area (Å²) in [5.41, 5.74) is 2.06. The number of nitrogens with one attached hydrogen (secondary N) is 1. The van der Waals surface area contributed by atoms with E-state index in [2.05, 4.69) is 4.98 Å². The number of H-pyrrole nitrogens is 1. The molecule has 0 aliphatic heterocycles. The number of nitrogens with zero attached hydrogens (tertiary/aromatic N) is 3. The smallest absolute Gasteiger partial charge is 0.335 e. The Morgan fingerprint density at radius 1 is 0.719 bits per heavy atom. The minimum Gasteiger partial charge on any atom is -0.494 e. The molecule has 302 valence electrons. The molecule has 0 saturated heterocycles. The number of anilines is 3. The van der Waals surface area contributed by atoms with Gasteiger partial charge in [-0.05, 0) is 65.7 Å². The number of methoxy groups -OCH3 is 3. The largest absolute Gasteiger partial charge is 0.494 e. The van der Waals surface area contributed by atoms with E-state index in [-0.39, 0.29) is 28.3 Å². The van der Waals surface area contributed by atoms with Crippen LogP contribution in [-0.2, 0) is 15.3 Å². The fourth-order valence-corrected chi connectivity index (χ4v) is 6.62. The number of amides is 1. The predicted molar refractivity (Wildman–Crippen MR) is 205 cm³/mol. The lowest BCUT2D eigenvalue weighted by Gasteiger charge is -2.27. The zero-order valence-corrected chi connectivity index (χ0v) is 31.9. The van der Waals surface area contributed by atoms with Crippen molar-refractivity contribution in [3.05, 3.63) is 95.8 Å². The summed E-state index contributed by atoms with van der Waals surface area (Å²) in [5.74, 6) is -3.97. The maximum absolute atomic E-state index is 15.6. The number of halogens is 3. The Hall–Kier alpha value is -5.79. The van der Waals surface area contributed by atoms with Crippen LogP contribution < -0.4 is 24.0 Å². The van der Waals surface area contributed by atoms with Gasteiger partial charge in [0.25, 0.3) is 5.91 Å². The van der Waals surface area contributed by atoms with Crippen LogP contribution in [0.3, 0.4) is 0 Å². The number of aliphatic hydroxyl groups excluding tert-OH is 4. The van der Waals surface area contributed by atoms with Gasteiger partial charge in [0, 0.05) is 48.4 Å². The highest BCUT2D eigenvalue weighted by molar-refractivity contribution is 7.98. The van der Waals surface area contributed by atoms with Crippen LogP contribution in [0.5, 0.6) is 17.2 Å². The lowest BCUT2D eigenvalue weighted by molar-refractivity contribution is -0.165. The van der Waals surface area contributed by atoms with E-state index in [1.54, 1.807) is 30.1 Å². The van der Waals surface area contributed by atoms with Crippen LogP contribution in [0, 0.1) is 17.5 Å². The molecule has 57 heavy (non-hydrogen) atoms. The number of likely N-dealkylation sites (N-methyl/N-ethyl adjacent to an activating group) is 1. The number of ether oxygens (including phenoxy) is 3. The third-order valence-corrected chi connectivity index (χ3v) is 9.99. The Balaban J connectivity index is 1.36. The molecular weight excluding hydrogens is 774 g/mol. The van der Waals surface area contributed by atoms with Gasteiger partial charge in [0.15, 0.2) is 40.4 Å². The average Bonchev–Trinajstić information content (AvgIpc) is 3.65. The highest BCUT2D eigenvalue weighted by atomic mass is 32.2. The summed E-state index contributed by atoms with van der Waals surface area (Å²) in [7, 11) is 7.36. The minimum atomic E-state index is -2.45. The number of aromatic nitrogens is 2. The molecule has 0 spiro atoms. The maximum atomic E-state index is 15.6. The second kappa shape index (κ2) is 18.0. The number of carboxylic acid groups (broad SMARTS) is 1. The molecule has 0 aliphatic rings. The Morgan fingerprint density at radius 3 is 1.89 bits per heavy atom. The van der Waals surface area contributed by atoms with Gasteiger partial charge in [-0.15, -0.1) is 0 Å². The third-order valence-electron chi connectivity index (χ3n) is 9.09. The van der Waals surface area contributed by atoms with Gasteiger partial charge >= 0.3 is 5.97 Å². The molecule has 0 bridgehead atoms. The van der Waals surface area contributed by atoms with E-state index in [4.69, 9.17) is 24.3 Å². The molecule has 18 heteroatoms. The van der Waals surface area contributed by atoms with Crippen molar-refractivity contribution < 1.29 is 62.5 Å². The molecule has 4 atom stereocenters. The molecule has 1 heterocycles. The van der Waals surface area contributed by atoms with Crippen molar-refractivity contribution in [3.8, 4) is 39.6 Å². The first kappa shape index (κ1) is 42.4. The van der Waals surface area contributed by atoms with Crippen LogP contribution in [0.2, 0.25) is 0 Å². The topological polar surface area (TPSA) is 198 Å². The molecule has 4 aromatic carbocycles. The van der Waals surface area contributed by atoms with Crippen molar-refractivity contribution in [2.24, 2.45) is 0 Å². The zero-order valence-electron chi connectivity index (χ0n) is 31.1. The van der Waals surface area contributed by atoms with Crippen LogP contribution in [0.15, 0.2) is 78.0 Å². The van der Waals surface area contributed by atoms with Gasteiger partial charge in [-0.2, -0.15) is 0 Å². The Bertz CT molecular complexity index is 2220. The lowest BCUT2D eigenvalue weighted by Crippen LogP contribution is -2.53. The molecule has 0 radical (unpaired) electrons. The quantitative estimate of drug-likeness (QED) is 0.0749. The number of carboxylic acids is 1. The van der Waals surface area contributed by atoms with Crippen LogP contribution >= 0.6 is 11.8 Å². The highest BCUT2D eigenvalue weighted by Crippen LogP contribution is 2.40. The van der Waals surface area contributed by atoms with Crippen molar-refractivity contribution in [1.29, 1.82) is 0 Å². The number of carbonyl (C=O) groups excluding carboxylic acids is 1. The molecule has 1 aromatic heterocycles. The molecular formula is C39H39F3N4O10S. The molecule has 0 aliphatic carbocycles. The molecule has 5 aromatic rings. The van der Waals surface area contributed by atoms with Crippen LogP contribution in [0.4, 0.5) is 30.4 Å². The van der Waals surface area contributed by atoms with Gasteiger partial charge in [-0.3, -0.25) is 4.79 Å². The molecule has 0 unspecified atom stereocenters. The third kappa shape index (κ3) is 9.11. The number of imidazole rings is 1. The van der Waals surface area contributed by atoms with Gasteiger partial charge in [-0.25, -0.2) is 22.9 Å². The zero-order chi connectivity index (χ0) is 41.7. The van der Waals surface area contributed by atoms with Gasteiger partial charge in [0.05, 0.1) is 21.3 Å². The number of aliphatic carboxylic acids is 1. The van der Waals surface area contributed by atoms with E-state index in [9.17, 15) is 34.4 Å². The number of thioether (sulfide) groups is 1. The molecule has 0 saturated carbocycles. The van der Waals surface area contributed by atoms with Gasteiger partial charge in [-0.1, -0.05) is 23.9 Å². The second-order valence-electron chi connectivity index (χ2n) is 12.5. The number of hydrogen-bond acceptors (Lipinski definition) is 12. The summed E-state index contributed by atoms with van der Waals surface area (Å²) in [6, 6.07) is 17.5. The molecule has 14 nitrogen and oxygen atoms in total. The van der Waals surface area contributed by atoms with E-state index in [0.29, 0.717) is 45.0 Å². The van der Waals surface area contributed by atoms with E-state index in [1.807, 2.05) is 0 Å². The van der Waals surface area contributed by atoms with Crippen molar-refractivity contribution in [2.75, 3.05) is 45.2 Å². The number of benzene rings is 4. The van der Waals surface area contributed by atoms with E-state index in [1.165, 1.54) is 70.8 Å². The van der Waals surface area contributed by atoms with Crippen molar-refractivity contribution in [2.45, 2.75) is 35.3 Å². The Kier molecular flexibility index (Phi) is 13.4. The van der Waals surface area contributed by atoms with Crippen LogP contribution in [0.1, 0.15) is 5.56 Å². The number of rotatable bonds is 16. The summed E-state index contributed by atoms with van der Waals surface area (Å²) >= 11 is 1.03. The lowest BCUT2D eigenvalue weighted by atomic mass is 10.0. The first-order chi connectivity index (χ1) is 27.1. The monoisotopic (exact) mass is 812 g/mol. The van der Waals surface area contributed by atoms with Crippen LogP contribution in [0.25, 0.3) is 22.4 Å². The second-order valence-corrected chi connectivity index (χ2v) is 13.5.